The van der Waals surface area contributed by atoms with Gasteiger partial charge in [0.1, 0.15) is 5.82 Å². The van der Waals surface area contributed by atoms with Crippen molar-refractivity contribution in [2.75, 3.05) is 5.32 Å². The van der Waals surface area contributed by atoms with Gasteiger partial charge in [0.25, 0.3) is 5.91 Å². The highest BCUT2D eigenvalue weighted by molar-refractivity contribution is 7.18. The van der Waals surface area contributed by atoms with E-state index in [0.29, 0.717) is 10.0 Å². The maximum atomic E-state index is 12.9. The Kier molecular flexibility index (Phi) is 3.81. The molecule has 0 spiro atoms. The summed E-state index contributed by atoms with van der Waals surface area (Å²) in [5.41, 5.74) is 0.894. The number of thiophene rings is 1. The standard InChI is InChI=1S/C15H11FN2OS2/c1-9-8-17-15(20-9)18-14(19)13-7-6-12(21-13)10-2-4-11(16)5-3-10/h2-8H,1H3,(H,17,18,19). The molecule has 3 rings (SSSR count). The van der Waals surface area contributed by atoms with E-state index in [2.05, 4.69) is 10.3 Å². The zero-order valence-electron chi connectivity index (χ0n) is 11.1. The Hall–Kier alpha value is -2.05. The van der Waals surface area contributed by atoms with Gasteiger partial charge in [-0.25, -0.2) is 9.37 Å². The number of hydrogen-bond donors (Lipinski definition) is 1. The van der Waals surface area contributed by atoms with Crippen LogP contribution in [0.4, 0.5) is 9.52 Å². The molecule has 1 amide bonds. The largest absolute Gasteiger partial charge is 0.297 e. The highest BCUT2D eigenvalue weighted by Crippen LogP contribution is 2.29. The maximum absolute atomic E-state index is 12.9. The molecule has 0 atom stereocenters. The molecule has 106 valence electrons. The lowest BCUT2D eigenvalue weighted by atomic mass is 10.2. The van der Waals surface area contributed by atoms with Crippen LogP contribution in [0.1, 0.15) is 14.5 Å². The summed E-state index contributed by atoms with van der Waals surface area (Å²) < 4.78 is 12.9. The average molecular weight is 318 g/mol. The zero-order valence-corrected chi connectivity index (χ0v) is 12.7. The molecule has 3 nitrogen and oxygen atoms in total. The van der Waals surface area contributed by atoms with E-state index in [1.54, 1.807) is 24.4 Å². The number of hydrogen-bond acceptors (Lipinski definition) is 4. The Bertz CT molecular complexity index is 777. The maximum Gasteiger partial charge on any atom is 0.267 e. The van der Waals surface area contributed by atoms with E-state index in [0.717, 1.165) is 15.3 Å². The second-order valence-electron chi connectivity index (χ2n) is 4.40. The van der Waals surface area contributed by atoms with Crippen LogP contribution in [0, 0.1) is 12.7 Å². The first-order valence-electron chi connectivity index (χ1n) is 6.21. The van der Waals surface area contributed by atoms with E-state index < -0.39 is 0 Å². The van der Waals surface area contributed by atoms with Gasteiger partial charge < -0.3 is 0 Å². The number of halogens is 1. The number of nitrogens with zero attached hydrogens (tertiary/aromatic N) is 1. The normalized spacial score (nSPS) is 10.6. The molecule has 0 fully saturated rings. The van der Waals surface area contributed by atoms with E-state index in [4.69, 9.17) is 0 Å². The van der Waals surface area contributed by atoms with Crippen LogP contribution in [0.5, 0.6) is 0 Å². The van der Waals surface area contributed by atoms with E-state index in [1.165, 1.54) is 34.8 Å². The summed E-state index contributed by atoms with van der Waals surface area (Å²) >= 11 is 2.80. The van der Waals surface area contributed by atoms with Crippen LogP contribution in [0.3, 0.4) is 0 Å². The SMILES string of the molecule is Cc1cnc(NC(=O)c2ccc(-c3ccc(F)cc3)s2)s1. The Morgan fingerprint density at radius 2 is 1.90 bits per heavy atom. The Labute approximate surface area is 129 Å². The fourth-order valence-corrected chi connectivity index (χ4v) is 3.37. The first-order chi connectivity index (χ1) is 10.1. The molecule has 0 aliphatic carbocycles. The highest BCUT2D eigenvalue weighted by Gasteiger charge is 2.12. The lowest BCUT2D eigenvalue weighted by molar-refractivity contribution is 0.103. The quantitative estimate of drug-likeness (QED) is 0.768. The number of aryl methyl sites for hydroxylation is 1. The van der Waals surface area contributed by atoms with Gasteiger partial charge in [0.2, 0.25) is 0 Å². The Morgan fingerprint density at radius 1 is 1.14 bits per heavy atom. The lowest BCUT2D eigenvalue weighted by Gasteiger charge is -1.98. The summed E-state index contributed by atoms with van der Waals surface area (Å²) in [5, 5.41) is 3.36. The van der Waals surface area contributed by atoms with Crippen LogP contribution in [-0.2, 0) is 0 Å². The smallest absolute Gasteiger partial charge is 0.267 e. The van der Waals surface area contributed by atoms with Crippen LogP contribution < -0.4 is 5.32 Å². The van der Waals surface area contributed by atoms with E-state index in [1.807, 2.05) is 13.0 Å². The molecule has 0 unspecified atom stereocenters. The first-order valence-corrected chi connectivity index (χ1v) is 7.85. The van der Waals surface area contributed by atoms with Gasteiger partial charge in [-0.05, 0) is 36.8 Å². The molecule has 6 heteroatoms. The minimum Gasteiger partial charge on any atom is -0.297 e. The fraction of sp³-hybridized carbons (Fsp3) is 0.0667. The molecule has 2 heterocycles. The first kappa shape index (κ1) is 13.9. The molecule has 0 bridgehead atoms. The van der Waals surface area contributed by atoms with Crippen molar-refractivity contribution < 1.29 is 9.18 Å². The van der Waals surface area contributed by atoms with Crippen molar-refractivity contribution in [1.29, 1.82) is 0 Å². The second-order valence-corrected chi connectivity index (χ2v) is 6.72. The fourth-order valence-electron chi connectivity index (χ4n) is 1.80. The molecule has 1 aromatic carbocycles. The zero-order chi connectivity index (χ0) is 14.8. The van der Waals surface area contributed by atoms with Gasteiger partial charge in [-0.3, -0.25) is 10.1 Å². The predicted molar refractivity (Wildman–Crippen MR) is 84.5 cm³/mol. The number of nitrogens with one attached hydrogen (secondary N) is 1. The summed E-state index contributed by atoms with van der Waals surface area (Å²) in [6.07, 6.45) is 1.72. The number of rotatable bonds is 3. The Morgan fingerprint density at radius 3 is 2.57 bits per heavy atom. The monoisotopic (exact) mass is 318 g/mol. The van der Waals surface area contributed by atoms with Gasteiger partial charge in [-0.15, -0.1) is 22.7 Å². The number of benzene rings is 1. The van der Waals surface area contributed by atoms with Gasteiger partial charge in [-0.1, -0.05) is 12.1 Å². The number of carbonyl (C=O) groups is 1. The van der Waals surface area contributed by atoms with Crippen molar-refractivity contribution in [2.45, 2.75) is 6.92 Å². The van der Waals surface area contributed by atoms with E-state index in [9.17, 15) is 9.18 Å². The van der Waals surface area contributed by atoms with Crippen LogP contribution in [0.15, 0.2) is 42.6 Å². The topological polar surface area (TPSA) is 42.0 Å². The van der Waals surface area contributed by atoms with Gasteiger partial charge in [0, 0.05) is 16.0 Å². The van der Waals surface area contributed by atoms with Gasteiger partial charge >= 0.3 is 0 Å². The second kappa shape index (κ2) is 5.75. The van der Waals surface area contributed by atoms with Gasteiger partial charge in [0.05, 0.1) is 4.88 Å². The van der Waals surface area contributed by atoms with E-state index in [-0.39, 0.29) is 11.7 Å². The predicted octanol–water partition coefficient (Wildman–Crippen LogP) is 4.57. The molecule has 1 N–H and O–H groups in total. The third-order valence-corrected chi connectivity index (χ3v) is 4.76. The van der Waals surface area contributed by atoms with Crippen molar-refractivity contribution in [3.05, 3.63) is 58.2 Å². The van der Waals surface area contributed by atoms with Crippen molar-refractivity contribution in [2.24, 2.45) is 0 Å². The lowest BCUT2D eigenvalue weighted by Crippen LogP contribution is -2.09. The average Bonchev–Trinajstić information content (AvgIpc) is 3.09. The molecule has 0 aliphatic heterocycles. The van der Waals surface area contributed by atoms with Crippen LogP contribution in [0.2, 0.25) is 0 Å². The van der Waals surface area contributed by atoms with Crippen molar-refractivity contribution in [3.63, 3.8) is 0 Å². The third kappa shape index (κ3) is 3.17. The minimum atomic E-state index is -0.271. The number of thiazole rings is 1. The van der Waals surface area contributed by atoms with Crippen LogP contribution in [-0.4, -0.2) is 10.9 Å². The summed E-state index contributed by atoms with van der Waals surface area (Å²) in [6.45, 7) is 1.94. The number of anilines is 1. The minimum absolute atomic E-state index is 0.178. The van der Waals surface area contributed by atoms with Gasteiger partial charge in [0.15, 0.2) is 5.13 Å². The van der Waals surface area contributed by atoms with Crippen LogP contribution in [0.25, 0.3) is 10.4 Å². The molecule has 3 aromatic rings. The number of carbonyl (C=O) groups excluding carboxylic acids is 1. The van der Waals surface area contributed by atoms with Gasteiger partial charge in [-0.2, -0.15) is 0 Å². The number of amides is 1. The summed E-state index contributed by atoms with van der Waals surface area (Å²) in [4.78, 5) is 18.8. The van der Waals surface area contributed by atoms with Crippen molar-refractivity contribution in [3.8, 4) is 10.4 Å². The molecular formula is C15H11FN2OS2. The molecule has 2 aromatic heterocycles. The molecule has 0 saturated carbocycles. The van der Waals surface area contributed by atoms with Crippen molar-refractivity contribution in [1.82, 2.24) is 4.98 Å². The van der Waals surface area contributed by atoms with Crippen molar-refractivity contribution >= 4 is 33.7 Å². The van der Waals surface area contributed by atoms with E-state index >= 15 is 0 Å². The number of aromatic nitrogens is 1. The molecule has 21 heavy (non-hydrogen) atoms. The summed E-state index contributed by atoms with van der Waals surface area (Å²) in [5.74, 6) is -0.449. The highest BCUT2D eigenvalue weighted by atomic mass is 32.1. The molecule has 0 radical (unpaired) electrons. The summed E-state index contributed by atoms with van der Waals surface area (Å²) in [6, 6.07) is 9.85. The molecular weight excluding hydrogens is 307 g/mol. The molecule has 0 saturated heterocycles. The third-order valence-electron chi connectivity index (χ3n) is 2.80. The Balaban J connectivity index is 1.78. The summed E-state index contributed by atoms with van der Waals surface area (Å²) in [7, 11) is 0. The molecule has 0 aliphatic rings. The van der Waals surface area contributed by atoms with Crippen LogP contribution >= 0.6 is 22.7 Å².